The van der Waals surface area contributed by atoms with Gasteiger partial charge in [0.15, 0.2) is 0 Å². The van der Waals surface area contributed by atoms with E-state index < -0.39 is 16.8 Å². The van der Waals surface area contributed by atoms with E-state index in [2.05, 4.69) is 5.32 Å². The van der Waals surface area contributed by atoms with Crippen molar-refractivity contribution < 1.29 is 19.6 Å². The number of hydrogen-bond acceptors (Lipinski definition) is 4. The van der Waals surface area contributed by atoms with Crippen molar-refractivity contribution in [1.82, 2.24) is 4.90 Å². The predicted molar refractivity (Wildman–Crippen MR) is 78.8 cm³/mol. The van der Waals surface area contributed by atoms with E-state index in [0.29, 0.717) is 37.2 Å². The van der Waals surface area contributed by atoms with E-state index in [0.717, 1.165) is 0 Å². The second kappa shape index (κ2) is 6.42. The van der Waals surface area contributed by atoms with Gasteiger partial charge >= 0.3 is 12.0 Å². The number of nitro benzene ring substituents is 1. The van der Waals surface area contributed by atoms with Crippen molar-refractivity contribution in [2.24, 2.45) is 5.92 Å². The van der Waals surface area contributed by atoms with Gasteiger partial charge < -0.3 is 15.3 Å². The van der Waals surface area contributed by atoms with Gasteiger partial charge in [-0.2, -0.15) is 0 Å². The van der Waals surface area contributed by atoms with Gasteiger partial charge in [-0.3, -0.25) is 14.9 Å². The molecule has 0 radical (unpaired) electrons. The van der Waals surface area contributed by atoms with Crippen molar-refractivity contribution in [3.05, 3.63) is 33.9 Å². The molecule has 1 saturated heterocycles. The summed E-state index contributed by atoms with van der Waals surface area (Å²) in [7, 11) is 0. The molecule has 8 nitrogen and oxygen atoms in total. The Morgan fingerprint density at radius 3 is 2.55 bits per heavy atom. The molecule has 0 aliphatic carbocycles. The number of hydrogen-bond donors (Lipinski definition) is 2. The van der Waals surface area contributed by atoms with Crippen molar-refractivity contribution in [3.8, 4) is 0 Å². The number of nitrogens with zero attached hydrogens (tertiary/aromatic N) is 2. The molecule has 2 amide bonds. The van der Waals surface area contributed by atoms with Gasteiger partial charge in [-0.05, 0) is 25.8 Å². The molecular weight excluding hydrogens is 290 g/mol. The van der Waals surface area contributed by atoms with Crippen LogP contribution in [0.3, 0.4) is 0 Å². The smallest absolute Gasteiger partial charge is 0.321 e. The highest BCUT2D eigenvalue weighted by atomic mass is 16.6. The first-order chi connectivity index (χ1) is 10.4. The third-order valence-corrected chi connectivity index (χ3v) is 3.87. The summed E-state index contributed by atoms with van der Waals surface area (Å²) < 4.78 is 0. The fourth-order valence-corrected chi connectivity index (χ4v) is 2.48. The zero-order chi connectivity index (χ0) is 16.3. The maximum atomic E-state index is 12.2. The Kier molecular flexibility index (Phi) is 4.59. The van der Waals surface area contributed by atoms with Gasteiger partial charge in [-0.15, -0.1) is 0 Å². The number of carboxylic acids is 1. The summed E-state index contributed by atoms with van der Waals surface area (Å²) in [6.45, 7) is 2.29. The third kappa shape index (κ3) is 3.33. The molecular formula is C14H17N3O5. The van der Waals surface area contributed by atoms with Crippen LogP contribution in [0.15, 0.2) is 18.2 Å². The van der Waals surface area contributed by atoms with E-state index in [9.17, 15) is 19.7 Å². The van der Waals surface area contributed by atoms with Crippen LogP contribution in [0.4, 0.5) is 16.2 Å². The van der Waals surface area contributed by atoms with Crippen LogP contribution in [-0.2, 0) is 4.79 Å². The number of piperidine rings is 1. The van der Waals surface area contributed by atoms with Crippen LogP contribution in [0.25, 0.3) is 0 Å². The van der Waals surface area contributed by atoms with Gasteiger partial charge in [0.05, 0.1) is 22.1 Å². The standard InChI is InChI=1S/C14H17N3O5/c1-9-11(3-2-4-12(9)17(21)22)15-14(20)16-7-5-10(6-8-16)13(18)19/h2-4,10H,5-8H2,1H3,(H,15,20)(H,18,19). The van der Waals surface area contributed by atoms with E-state index in [1.807, 2.05) is 0 Å². The fraction of sp³-hybridized carbons (Fsp3) is 0.429. The molecule has 0 saturated carbocycles. The molecule has 1 fully saturated rings. The molecule has 0 bridgehead atoms. The first-order valence-corrected chi connectivity index (χ1v) is 6.93. The average molecular weight is 307 g/mol. The van der Waals surface area contributed by atoms with Crippen LogP contribution in [-0.4, -0.2) is 40.0 Å². The van der Waals surface area contributed by atoms with Gasteiger partial charge in [-0.1, -0.05) is 6.07 Å². The summed E-state index contributed by atoms with van der Waals surface area (Å²) in [6.07, 6.45) is 0.827. The van der Waals surface area contributed by atoms with E-state index in [-0.39, 0.29) is 11.7 Å². The van der Waals surface area contributed by atoms with Gasteiger partial charge in [-0.25, -0.2) is 4.79 Å². The number of nitrogens with one attached hydrogen (secondary N) is 1. The zero-order valence-electron chi connectivity index (χ0n) is 12.1. The van der Waals surface area contributed by atoms with E-state index in [1.54, 1.807) is 13.0 Å². The summed E-state index contributed by atoms with van der Waals surface area (Å²) in [6, 6.07) is 4.12. The van der Waals surface area contributed by atoms with Crippen LogP contribution in [0.5, 0.6) is 0 Å². The van der Waals surface area contributed by atoms with Crippen LogP contribution in [0.2, 0.25) is 0 Å². The first kappa shape index (κ1) is 15.7. The van der Waals surface area contributed by atoms with Crippen molar-refractivity contribution in [2.75, 3.05) is 18.4 Å². The molecule has 0 spiro atoms. The minimum absolute atomic E-state index is 0.0533. The van der Waals surface area contributed by atoms with Gasteiger partial charge in [0, 0.05) is 19.2 Å². The second-order valence-electron chi connectivity index (χ2n) is 5.24. The van der Waals surface area contributed by atoms with Crippen LogP contribution >= 0.6 is 0 Å². The minimum atomic E-state index is -0.838. The SMILES string of the molecule is Cc1c(NC(=O)N2CCC(C(=O)O)CC2)cccc1[N+](=O)[O-]. The van der Waals surface area contributed by atoms with E-state index >= 15 is 0 Å². The largest absolute Gasteiger partial charge is 0.481 e. The lowest BCUT2D eigenvalue weighted by molar-refractivity contribution is -0.385. The number of carboxylic acid groups (broad SMARTS) is 1. The lowest BCUT2D eigenvalue weighted by Crippen LogP contribution is -2.42. The van der Waals surface area contributed by atoms with Crippen molar-refractivity contribution in [1.29, 1.82) is 0 Å². The molecule has 2 N–H and O–H groups in total. The van der Waals surface area contributed by atoms with Gasteiger partial charge in [0.2, 0.25) is 0 Å². The molecule has 0 aromatic heterocycles. The molecule has 118 valence electrons. The number of rotatable bonds is 3. The number of likely N-dealkylation sites (tertiary alicyclic amines) is 1. The number of anilines is 1. The van der Waals surface area contributed by atoms with Gasteiger partial charge in [0.25, 0.3) is 5.69 Å². The van der Waals surface area contributed by atoms with E-state index in [4.69, 9.17) is 5.11 Å². The molecule has 0 atom stereocenters. The normalized spacial score (nSPS) is 15.4. The molecule has 0 unspecified atom stereocenters. The Morgan fingerprint density at radius 1 is 1.36 bits per heavy atom. The highest BCUT2D eigenvalue weighted by molar-refractivity contribution is 5.91. The number of amides is 2. The van der Waals surface area contributed by atoms with Crippen molar-refractivity contribution >= 4 is 23.4 Å². The van der Waals surface area contributed by atoms with Gasteiger partial charge in [0.1, 0.15) is 0 Å². The molecule has 1 heterocycles. The Labute approximate surface area is 126 Å². The molecule has 22 heavy (non-hydrogen) atoms. The summed E-state index contributed by atoms with van der Waals surface area (Å²) in [5.74, 6) is -1.25. The lowest BCUT2D eigenvalue weighted by atomic mass is 9.97. The molecule has 1 aromatic carbocycles. The fourth-order valence-electron chi connectivity index (χ4n) is 2.48. The van der Waals surface area contributed by atoms with E-state index in [1.165, 1.54) is 17.0 Å². The number of benzene rings is 1. The average Bonchev–Trinajstić information content (AvgIpc) is 2.49. The van der Waals surface area contributed by atoms with Crippen LogP contribution in [0, 0.1) is 23.0 Å². The number of urea groups is 1. The molecule has 1 aliphatic heterocycles. The Balaban J connectivity index is 2.03. The minimum Gasteiger partial charge on any atom is -0.481 e. The first-order valence-electron chi connectivity index (χ1n) is 6.93. The maximum absolute atomic E-state index is 12.2. The predicted octanol–water partition coefficient (Wildman–Crippen LogP) is 2.23. The topological polar surface area (TPSA) is 113 Å². The Hall–Kier alpha value is -2.64. The van der Waals surface area contributed by atoms with Crippen LogP contribution < -0.4 is 5.32 Å². The molecule has 1 aliphatic rings. The summed E-state index contributed by atoms with van der Waals surface area (Å²) in [5, 5.41) is 22.5. The number of nitro groups is 1. The molecule has 1 aromatic rings. The van der Waals surface area contributed by atoms with Crippen LogP contribution in [0.1, 0.15) is 18.4 Å². The second-order valence-corrected chi connectivity index (χ2v) is 5.24. The molecule has 2 rings (SSSR count). The molecule has 8 heteroatoms. The quantitative estimate of drug-likeness (QED) is 0.656. The lowest BCUT2D eigenvalue weighted by Gasteiger charge is -2.30. The maximum Gasteiger partial charge on any atom is 0.321 e. The third-order valence-electron chi connectivity index (χ3n) is 3.87. The Bertz CT molecular complexity index is 608. The monoisotopic (exact) mass is 307 g/mol. The highest BCUT2D eigenvalue weighted by Crippen LogP contribution is 2.26. The Morgan fingerprint density at radius 2 is 2.00 bits per heavy atom. The number of carbonyl (C=O) groups is 2. The summed E-state index contributed by atoms with van der Waals surface area (Å²) in [4.78, 5) is 35.0. The highest BCUT2D eigenvalue weighted by Gasteiger charge is 2.27. The summed E-state index contributed by atoms with van der Waals surface area (Å²) in [5.41, 5.74) is 0.725. The van der Waals surface area contributed by atoms with Crippen molar-refractivity contribution in [3.63, 3.8) is 0 Å². The van der Waals surface area contributed by atoms with Crippen molar-refractivity contribution in [2.45, 2.75) is 19.8 Å². The summed E-state index contributed by atoms with van der Waals surface area (Å²) >= 11 is 0. The zero-order valence-corrected chi connectivity index (χ0v) is 12.1. The number of aliphatic carboxylic acids is 1. The number of carbonyl (C=O) groups excluding carboxylic acids is 1.